The third-order valence-electron chi connectivity index (χ3n) is 5.31. The van der Waals surface area contributed by atoms with E-state index in [1.165, 1.54) is 46.0 Å². The van der Waals surface area contributed by atoms with Crippen LogP contribution in [-0.2, 0) is 26.1 Å². The standard InChI is InChI=1S/C14H14N2S.C11H9F3N2/c1-2-9-15-14(6-1)16-17-13-8-7-11-4-3-5-12(11)10-13;1-16-10(5-6-15-16)8-3-2-4-9(7-8)11(12,13)14/h1-2,6-10H,3-5H2,(H,15,16);2-7H,1H3. The van der Waals surface area contributed by atoms with Crippen LogP contribution >= 0.6 is 11.9 Å². The number of benzene rings is 2. The van der Waals surface area contributed by atoms with Crippen LogP contribution in [0.5, 0.6) is 0 Å². The number of hydrogen-bond acceptors (Lipinski definition) is 4. The monoisotopic (exact) mass is 468 g/mol. The van der Waals surface area contributed by atoms with Gasteiger partial charge in [0.25, 0.3) is 0 Å². The van der Waals surface area contributed by atoms with E-state index in [2.05, 4.69) is 33.0 Å². The number of anilines is 1. The fourth-order valence-corrected chi connectivity index (χ4v) is 4.34. The molecule has 1 aliphatic carbocycles. The number of hydrogen-bond donors (Lipinski definition) is 1. The van der Waals surface area contributed by atoms with E-state index in [9.17, 15) is 13.2 Å². The Labute approximate surface area is 195 Å². The molecule has 4 aromatic rings. The second-order valence-electron chi connectivity index (χ2n) is 7.62. The van der Waals surface area contributed by atoms with E-state index < -0.39 is 11.7 Å². The summed E-state index contributed by atoms with van der Waals surface area (Å²) in [4.78, 5) is 5.49. The first-order chi connectivity index (χ1) is 15.9. The first-order valence-corrected chi connectivity index (χ1v) is 11.3. The summed E-state index contributed by atoms with van der Waals surface area (Å²) in [6.45, 7) is 0. The Morgan fingerprint density at radius 1 is 0.909 bits per heavy atom. The molecule has 2 aromatic carbocycles. The lowest BCUT2D eigenvalue weighted by Gasteiger charge is -2.08. The molecule has 1 aliphatic rings. The predicted molar refractivity (Wildman–Crippen MR) is 126 cm³/mol. The van der Waals surface area contributed by atoms with Crippen molar-refractivity contribution in [2.24, 2.45) is 7.05 Å². The normalized spacial score (nSPS) is 12.6. The van der Waals surface area contributed by atoms with Crippen LogP contribution in [0.2, 0.25) is 0 Å². The number of nitrogens with zero attached hydrogens (tertiary/aromatic N) is 3. The van der Waals surface area contributed by atoms with Crippen molar-refractivity contribution in [2.45, 2.75) is 30.3 Å². The zero-order valence-corrected chi connectivity index (χ0v) is 18.8. The Bertz CT molecular complexity index is 1210. The number of rotatable bonds is 4. The van der Waals surface area contributed by atoms with Crippen molar-refractivity contribution in [3.8, 4) is 11.3 Å². The Kier molecular flexibility index (Phi) is 7.03. The number of aryl methyl sites for hydroxylation is 3. The van der Waals surface area contributed by atoms with Gasteiger partial charge in [-0.2, -0.15) is 18.3 Å². The van der Waals surface area contributed by atoms with Crippen LogP contribution in [0, 0.1) is 0 Å². The van der Waals surface area contributed by atoms with Crippen molar-refractivity contribution >= 4 is 17.8 Å². The summed E-state index contributed by atoms with van der Waals surface area (Å²) in [6, 6.07) is 19.5. The highest BCUT2D eigenvalue weighted by molar-refractivity contribution is 8.00. The van der Waals surface area contributed by atoms with Gasteiger partial charge in [-0.1, -0.05) is 24.3 Å². The van der Waals surface area contributed by atoms with Gasteiger partial charge in [-0.15, -0.1) is 0 Å². The Morgan fingerprint density at radius 3 is 2.48 bits per heavy atom. The lowest BCUT2D eigenvalue weighted by molar-refractivity contribution is -0.137. The van der Waals surface area contributed by atoms with Gasteiger partial charge in [0, 0.05) is 29.9 Å². The molecule has 0 saturated heterocycles. The van der Waals surface area contributed by atoms with E-state index in [0.29, 0.717) is 11.3 Å². The Morgan fingerprint density at radius 2 is 1.76 bits per heavy atom. The number of nitrogens with one attached hydrogen (secondary N) is 1. The van der Waals surface area contributed by atoms with Gasteiger partial charge < -0.3 is 4.72 Å². The van der Waals surface area contributed by atoms with Gasteiger partial charge in [-0.3, -0.25) is 4.68 Å². The lowest BCUT2D eigenvalue weighted by Crippen LogP contribution is -2.05. The minimum Gasteiger partial charge on any atom is -0.310 e. The van der Waals surface area contributed by atoms with Crippen molar-refractivity contribution in [3.63, 3.8) is 0 Å². The number of fused-ring (bicyclic) bond motifs is 1. The quantitative estimate of drug-likeness (QED) is 0.335. The van der Waals surface area contributed by atoms with E-state index in [0.717, 1.165) is 18.0 Å². The summed E-state index contributed by atoms with van der Waals surface area (Å²) in [5.41, 5.74) is 3.55. The van der Waals surface area contributed by atoms with Crippen LogP contribution in [0.25, 0.3) is 11.3 Å². The number of aromatic nitrogens is 3. The molecule has 170 valence electrons. The third kappa shape index (κ3) is 5.96. The van der Waals surface area contributed by atoms with Crippen LogP contribution in [-0.4, -0.2) is 14.8 Å². The smallest absolute Gasteiger partial charge is 0.310 e. The molecule has 0 unspecified atom stereocenters. The molecule has 0 fully saturated rings. The molecule has 0 spiro atoms. The van der Waals surface area contributed by atoms with Gasteiger partial charge in [-0.05, 0) is 84.8 Å². The average Bonchev–Trinajstić information content (AvgIpc) is 3.47. The molecule has 2 heterocycles. The van der Waals surface area contributed by atoms with Crippen molar-refractivity contribution in [1.82, 2.24) is 14.8 Å². The molecule has 0 atom stereocenters. The van der Waals surface area contributed by atoms with Crippen molar-refractivity contribution in [2.75, 3.05) is 4.72 Å². The van der Waals surface area contributed by atoms with Gasteiger partial charge in [0.05, 0.1) is 11.3 Å². The molecule has 1 N–H and O–H groups in total. The molecule has 2 aromatic heterocycles. The topological polar surface area (TPSA) is 42.7 Å². The molecule has 8 heteroatoms. The fraction of sp³-hybridized carbons (Fsp3) is 0.200. The maximum Gasteiger partial charge on any atom is 0.416 e. The maximum absolute atomic E-state index is 12.5. The number of halogens is 3. The van der Waals surface area contributed by atoms with Crippen LogP contribution < -0.4 is 4.72 Å². The third-order valence-corrected chi connectivity index (χ3v) is 6.12. The molecule has 0 aliphatic heterocycles. The molecule has 0 amide bonds. The SMILES string of the molecule is Cn1nccc1-c1cccc(C(F)(F)F)c1.c1ccc(NSc2ccc3c(c2)CCC3)nc1. The molecule has 0 bridgehead atoms. The molecule has 5 rings (SSSR count). The van der Waals surface area contributed by atoms with E-state index >= 15 is 0 Å². The summed E-state index contributed by atoms with van der Waals surface area (Å²) in [5, 5.41) is 3.92. The summed E-state index contributed by atoms with van der Waals surface area (Å²) in [5.74, 6) is 0.901. The van der Waals surface area contributed by atoms with Gasteiger partial charge in [0.15, 0.2) is 0 Å². The second-order valence-corrected chi connectivity index (χ2v) is 8.50. The summed E-state index contributed by atoms with van der Waals surface area (Å²) in [6.07, 6.45) is 2.81. The summed E-state index contributed by atoms with van der Waals surface area (Å²) in [7, 11) is 1.69. The zero-order chi connectivity index (χ0) is 23.3. The van der Waals surface area contributed by atoms with Gasteiger partial charge in [-0.25, -0.2) is 4.98 Å². The molecular weight excluding hydrogens is 445 g/mol. The molecular formula is C25H23F3N4S. The fourth-order valence-electron chi connectivity index (χ4n) is 3.66. The van der Waals surface area contributed by atoms with E-state index in [1.54, 1.807) is 43.5 Å². The molecule has 0 saturated carbocycles. The summed E-state index contributed by atoms with van der Waals surface area (Å²) < 4.78 is 42.3. The Hall–Kier alpha value is -3.26. The maximum atomic E-state index is 12.5. The highest BCUT2D eigenvalue weighted by Crippen LogP contribution is 2.32. The number of pyridine rings is 1. The van der Waals surface area contributed by atoms with Crippen molar-refractivity contribution in [1.29, 1.82) is 0 Å². The predicted octanol–water partition coefficient (Wildman–Crippen LogP) is 6.80. The second kappa shape index (κ2) is 10.1. The first kappa shape index (κ1) is 22.9. The molecule has 0 radical (unpaired) electrons. The van der Waals surface area contributed by atoms with E-state index in [4.69, 9.17) is 0 Å². The first-order valence-electron chi connectivity index (χ1n) is 10.5. The van der Waals surface area contributed by atoms with Crippen LogP contribution in [0.3, 0.4) is 0 Å². The van der Waals surface area contributed by atoms with Gasteiger partial charge in [0.1, 0.15) is 5.82 Å². The average molecular weight is 469 g/mol. The Balaban J connectivity index is 0.000000157. The highest BCUT2D eigenvalue weighted by Gasteiger charge is 2.30. The molecule has 33 heavy (non-hydrogen) atoms. The van der Waals surface area contributed by atoms with Crippen molar-refractivity contribution < 1.29 is 13.2 Å². The van der Waals surface area contributed by atoms with Crippen LogP contribution in [0.1, 0.15) is 23.1 Å². The van der Waals surface area contributed by atoms with Crippen LogP contribution in [0.15, 0.2) is 84.0 Å². The number of alkyl halides is 3. The minimum atomic E-state index is -4.31. The minimum absolute atomic E-state index is 0.509. The summed E-state index contributed by atoms with van der Waals surface area (Å²) >= 11 is 1.63. The van der Waals surface area contributed by atoms with Crippen molar-refractivity contribution in [3.05, 3.63) is 95.8 Å². The molecule has 4 nitrogen and oxygen atoms in total. The van der Waals surface area contributed by atoms with E-state index in [1.807, 2.05) is 18.2 Å². The zero-order valence-electron chi connectivity index (χ0n) is 18.0. The lowest BCUT2D eigenvalue weighted by atomic mass is 10.1. The van der Waals surface area contributed by atoms with Gasteiger partial charge >= 0.3 is 6.18 Å². The van der Waals surface area contributed by atoms with E-state index in [-0.39, 0.29) is 0 Å². The highest BCUT2D eigenvalue weighted by atomic mass is 32.2. The van der Waals surface area contributed by atoms with Crippen LogP contribution in [0.4, 0.5) is 19.0 Å². The largest absolute Gasteiger partial charge is 0.416 e. The van der Waals surface area contributed by atoms with Gasteiger partial charge in [0.2, 0.25) is 0 Å².